The van der Waals surface area contributed by atoms with E-state index in [0.29, 0.717) is 11.0 Å². The molecule has 0 saturated carbocycles. The van der Waals surface area contributed by atoms with Gasteiger partial charge in [0.25, 0.3) is 5.56 Å². The number of imidazole rings is 1. The van der Waals surface area contributed by atoms with Gasteiger partial charge in [-0.3, -0.25) is 23.4 Å². The van der Waals surface area contributed by atoms with Crippen LogP contribution < -0.4 is 21.5 Å². The summed E-state index contributed by atoms with van der Waals surface area (Å²) in [5.41, 5.74) is 6.28. The summed E-state index contributed by atoms with van der Waals surface area (Å²) in [6.07, 6.45) is -9.88. The summed E-state index contributed by atoms with van der Waals surface area (Å²) in [4.78, 5) is 65.4. The first kappa shape index (κ1) is 38.6. The van der Waals surface area contributed by atoms with Gasteiger partial charge in [-0.2, -0.15) is 9.29 Å². The molecule has 2 unspecified atom stereocenters. The van der Waals surface area contributed by atoms with Crippen molar-refractivity contribution in [2.24, 2.45) is 0 Å². The van der Waals surface area contributed by atoms with Gasteiger partial charge in [-0.25, -0.2) is 38.4 Å². The van der Waals surface area contributed by atoms with Crippen LogP contribution in [0.2, 0.25) is 0 Å². The molecule has 1 aliphatic rings. The number of nitrogens with zero attached hydrogens (tertiary/aromatic N) is 6. The number of aromatic amines is 2. The molecule has 6 rings (SSSR count). The largest absolute Gasteiger partial charge is 0.481 e. The highest BCUT2D eigenvalue weighted by atomic mass is 31.3. The molecule has 0 amide bonds. The maximum absolute atomic E-state index is 12.5. The van der Waals surface area contributed by atoms with Gasteiger partial charge in [0.2, 0.25) is 5.52 Å². The van der Waals surface area contributed by atoms with Gasteiger partial charge < -0.3 is 45.8 Å². The monoisotopic (exact) mass is 786 g/mol. The second-order valence-electron chi connectivity index (χ2n) is 12.1. The summed E-state index contributed by atoms with van der Waals surface area (Å²) in [6, 6.07) is 3.33. The number of anilines is 1. The van der Waals surface area contributed by atoms with E-state index in [1.54, 1.807) is 26.0 Å². The number of nitrogens with one attached hydrogen (secondary N) is 2. The molecule has 11 N–H and O–H groups in total. The van der Waals surface area contributed by atoms with Gasteiger partial charge in [0, 0.05) is 0 Å². The number of aromatic nitrogens is 8. The van der Waals surface area contributed by atoms with Crippen LogP contribution in [0, 0.1) is 13.8 Å². The van der Waals surface area contributed by atoms with E-state index in [1.807, 2.05) is 0 Å². The number of ether oxygens (including phenoxy) is 1. The average molecular weight is 787 g/mol. The summed E-state index contributed by atoms with van der Waals surface area (Å²) in [5.74, 6) is 0.0305. The molecule has 4 aromatic heterocycles. The normalized spacial score (nSPS) is 23.3. The molecule has 1 fully saturated rings. The third-order valence-electron chi connectivity index (χ3n) is 8.46. The number of benzene rings is 1. The van der Waals surface area contributed by atoms with Crippen molar-refractivity contribution in [1.29, 1.82) is 0 Å². The lowest BCUT2D eigenvalue weighted by atomic mass is 10.1. The molecule has 53 heavy (non-hydrogen) atoms. The lowest BCUT2D eigenvalue weighted by molar-refractivity contribution is -0.657. The number of nitrogen functional groups attached to an aromatic ring is 1. The predicted octanol–water partition coefficient (Wildman–Crippen LogP) is -2.96. The number of hydrogen-bond acceptors (Lipinski definition) is 18. The fourth-order valence-electron chi connectivity index (χ4n) is 5.61. The quantitative estimate of drug-likeness (QED) is 0.0324. The van der Waals surface area contributed by atoms with Crippen LogP contribution >= 0.6 is 15.6 Å². The Labute approximate surface area is 295 Å². The van der Waals surface area contributed by atoms with E-state index in [4.69, 9.17) is 15.0 Å². The molecule has 26 heteroatoms. The molecule has 24 nitrogen and oxygen atoms in total. The fraction of sp³-hybridized carbons (Fsp3) is 0.444. The smallest absolute Gasteiger partial charge is 0.388 e. The lowest BCUT2D eigenvalue weighted by Crippen LogP contribution is -2.51. The Morgan fingerprint density at radius 1 is 0.981 bits per heavy atom. The lowest BCUT2D eigenvalue weighted by Gasteiger charge is -2.24. The average Bonchev–Trinajstić information content (AvgIpc) is 3.63. The molecule has 0 aliphatic carbocycles. The summed E-state index contributed by atoms with van der Waals surface area (Å²) in [5, 5.41) is 53.1. The summed E-state index contributed by atoms with van der Waals surface area (Å²) in [6.45, 7) is 0.855. The molecular formula is C27H34N9O15P2+. The van der Waals surface area contributed by atoms with E-state index >= 15 is 0 Å². The topological polar surface area (TPSA) is 365 Å². The van der Waals surface area contributed by atoms with Crippen LogP contribution in [0.25, 0.3) is 33.4 Å². The van der Waals surface area contributed by atoms with Crippen LogP contribution in [0.1, 0.15) is 17.4 Å². The highest BCUT2D eigenvalue weighted by Gasteiger charge is 2.46. The van der Waals surface area contributed by atoms with Crippen molar-refractivity contribution in [2.75, 3.05) is 18.9 Å². The summed E-state index contributed by atoms with van der Waals surface area (Å²) < 4.78 is 46.7. The SMILES string of the molecule is Cc1cc2nc3c(=O)[nH]c(=O)[nH]c3[n+](C[C@H](O)[C@H](O)[C@@H](O)COP(=O)(O)OP(=O)(O)OC[C@H]3O[C@@H](n4cnc5c(N)ncnc54)[C@H](O)[C@@H]3O)c2cc1C. The van der Waals surface area contributed by atoms with E-state index in [0.717, 1.165) is 17.5 Å². The van der Waals surface area contributed by atoms with Crippen LogP contribution in [-0.2, 0) is 33.8 Å². The first-order valence-corrected chi connectivity index (χ1v) is 18.5. The Morgan fingerprint density at radius 2 is 1.68 bits per heavy atom. The van der Waals surface area contributed by atoms with Crippen molar-refractivity contribution in [3.63, 3.8) is 0 Å². The molecule has 5 aromatic rings. The number of aryl methyl sites for hydroxylation is 2. The van der Waals surface area contributed by atoms with Gasteiger partial charge in [0.15, 0.2) is 23.2 Å². The van der Waals surface area contributed by atoms with Crippen LogP contribution in [0.15, 0.2) is 34.4 Å². The molecule has 0 radical (unpaired) electrons. The fourth-order valence-corrected chi connectivity index (χ4v) is 7.70. The van der Waals surface area contributed by atoms with Gasteiger partial charge in [-0.1, -0.05) is 0 Å². The molecular weight excluding hydrogens is 752 g/mol. The molecule has 9 atom stereocenters. The molecule has 1 aliphatic heterocycles. The van der Waals surface area contributed by atoms with Crippen LogP contribution in [-0.4, -0.2) is 120 Å². The van der Waals surface area contributed by atoms with E-state index in [9.17, 15) is 54.0 Å². The van der Waals surface area contributed by atoms with Crippen molar-refractivity contribution >= 4 is 54.8 Å². The highest BCUT2D eigenvalue weighted by Crippen LogP contribution is 2.60. The number of aliphatic hydroxyl groups excluding tert-OH is 5. The Bertz CT molecular complexity index is 2410. The first-order valence-electron chi connectivity index (χ1n) is 15.5. The maximum Gasteiger partial charge on any atom is 0.481 e. The Morgan fingerprint density at radius 3 is 2.42 bits per heavy atom. The van der Waals surface area contributed by atoms with Crippen molar-refractivity contribution in [2.45, 2.75) is 63.2 Å². The van der Waals surface area contributed by atoms with Crippen molar-refractivity contribution < 1.29 is 67.1 Å². The minimum absolute atomic E-state index is 0.0305. The number of H-pyrrole nitrogens is 2. The van der Waals surface area contributed by atoms with Crippen molar-refractivity contribution in [3.8, 4) is 0 Å². The van der Waals surface area contributed by atoms with Gasteiger partial charge >= 0.3 is 27.0 Å². The van der Waals surface area contributed by atoms with E-state index < -0.39 is 89.5 Å². The molecule has 286 valence electrons. The third kappa shape index (κ3) is 7.91. The molecule has 1 aromatic carbocycles. The van der Waals surface area contributed by atoms with Crippen molar-refractivity contribution in [3.05, 3.63) is 56.8 Å². The number of phosphoric acid groups is 2. The number of phosphoric ester groups is 2. The van der Waals surface area contributed by atoms with Crippen LogP contribution in [0.3, 0.4) is 0 Å². The van der Waals surface area contributed by atoms with Crippen LogP contribution in [0.4, 0.5) is 5.82 Å². The Hall–Kier alpha value is -4.13. The molecule has 0 spiro atoms. The second kappa shape index (κ2) is 14.6. The second-order valence-corrected chi connectivity index (χ2v) is 15.2. The Kier molecular flexibility index (Phi) is 10.6. The summed E-state index contributed by atoms with van der Waals surface area (Å²) in [7, 11) is -11.0. The van der Waals surface area contributed by atoms with Crippen molar-refractivity contribution in [1.82, 2.24) is 34.5 Å². The number of aliphatic hydroxyl groups is 5. The van der Waals surface area contributed by atoms with Gasteiger partial charge in [-0.05, 0) is 37.1 Å². The van der Waals surface area contributed by atoms with Gasteiger partial charge in [0.05, 0.1) is 19.5 Å². The summed E-state index contributed by atoms with van der Waals surface area (Å²) >= 11 is 0. The minimum atomic E-state index is -5.54. The molecule has 5 heterocycles. The number of fused-ring (bicyclic) bond motifs is 3. The number of hydrogen-bond donors (Lipinski definition) is 10. The molecule has 1 saturated heterocycles. The predicted molar refractivity (Wildman–Crippen MR) is 176 cm³/mol. The Balaban J connectivity index is 1.07. The number of nitrogens with two attached hydrogens (primary N) is 1. The third-order valence-corrected chi connectivity index (χ3v) is 11.1. The maximum atomic E-state index is 12.5. The first-order chi connectivity index (χ1) is 24.9. The van der Waals surface area contributed by atoms with Gasteiger partial charge in [0.1, 0.15) is 60.5 Å². The van der Waals surface area contributed by atoms with Gasteiger partial charge in [-0.15, -0.1) is 0 Å². The highest BCUT2D eigenvalue weighted by molar-refractivity contribution is 7.61. The van der Waals surface area contributed by atoms with Crippen LogP contribution in [0.5, 0.6) is 0 Å². The molecule has 0 bridgehead atoms. The zero-order valence-corrected chi connectivity index (χ0v) is 29.3. The van der Waals surface area contributed by atoms with E-state index in [-0.39, 0.29) is 28.1 Å². The van der Waals surface area contributed by atoms with E-state index in [2.05, 4.69) is 38.7 Å². The van der Waals surface area contributed by atoms with E-state index in [1.165, 1.54) is 15.5 Å². The standard InChI is InChI=1S/C27H33N9O15P2/c1-10-3-12-13(4-11(10)2)35(24-18(32-12)25(42)34-27(43)33-24)5-14(37)19(39)15(38)6-48-52(44,45)51-53(46,47)49-7-16-20(40)21(41)26(50-16)36-9-31-17-22(28)29-8-30-23(17)36/h3-4,8-9,14-16,19-21,26,37-41H,5-7H2,1-2H3,(H5,28,29,30,34,42,43,44,45,46,47)/p+1/t14-,15-,16+,19-,20+,21+,26+/m0/s1. The zero-order valence-electron chi connectivity index (χ0n) is 27.5. The minimum Gasteiger partial charge on any atom is -0.388 e. The number of rotatable bonds is 13. The zero-order chi connectivity index (χ0) is 38.6.